The minimum atomic E-state index is -3.11. The maximum absolute atomic E-state index is 11.8. The normalized spacial score (nSPS) is 18.1. The number of hydrogen-bond donors (Lipinski definition) is 1. The van der Waals surface area contributed by atoms with Gasteiger partial charge in [-0.2, -0.15) is 0 Å². The summed E-state index contributed by atoms with van der Waals surface area (Å²) in [7, 11) is -3.11. The van der Waals surface area contributed by atoms with Gasteiger partial charge in [0.15, 0.2) is 9.84 Å². The molecule has 0 spiro atoms. The van der Waals surface area contributed by atoms with Crippen LogP contribution in [-0.2, 0) is 9.84 Å². The van der Waals surface area contributed by atoms with Gasteiger partial charge in [-0.15, -0.1) is 11.3 Å². The van der Waals surface area contributed by atoms with Crippen LogP contribution in [0.5, 0.6) is 0 Å². The Labute approximate surface area is 92.0 Å². The Kier molecular flexibility index (Phi) is 2.83. The third-order valence-corrected chi connectivity index (χ3v) is 5.87. The Hall–Kier alpha value is -0.100. The highest BCUT2D eigenvalue weighted by Gasteiger charge is 2.26. The van der Waals surface area contributed by atoms with Crippen molar-refractivity contribution in [2.45, 2.75) is 4.21 Å². The van der Waals surface area contributed by atoms with E-state index in [-0.39, 0.29) is 11.7 Å². The summed E-state index contributed by atoms with van der Waals surface area (Å²) >= 11 is 6.82. The van der Waals surface area contributed by atoms with Crippen molar-refractivity contribution >= 4 is 32.8 Å². The van der Waals surface area contributed by atoms with Crippen molar-refractivity contribution in [3.63, 3.8) is 0 Å². The monoisotopic (exact) mass is 251 g/mol. The van der Waals surface area contributed by atoms with Crippen molar-refractivity contribution in [1.29, 1.82) is 0 Å². The quantitative estimate of drug-likeness (QED) is 0.883. The lowest BCUT2D eigenvalue weighted by Gasteiger charge is -2.26. The molecule has 1 aliphatic heterocycles. The highest BCUT2D eigenvalue weighted by molar-refractivity contribution is 7.93. The molecule has 2 heterocycles. The fraction of sp³-hybridized carbons (Fsp3) is 0.500. The maximum Gasteiger partial charge on any atom is 0.188 e. The molecule has 0 aliphatic carbocycles. The van der Waals surface area contributed by atoms with Crippen molar-refractivity contribution < 1.29 is 8.42 Å². The first-order valence-electron chi connectivity index (χ1n) is 4.27. The number of halogens is 1. The van der Waals surface area contributed by atoms with Crippen LogP contribution in [0.1, 0.15) is 0 Å². The van der Waals surface area contributed by atoms with Gasteiger partial charge in [-0.25, -0.2) is 8.42 Å². The van der Waals surface area contributed by atoms with Gasteiger partial charge in [-0.1, -0.05) is 11.6 Å². The lowest BCUT2D eigenvalue weighted by molar-refractivity contribution is 0.379. The zero-order valence-corrected chi connectivity index (χ0v) is 9.75. The standard InChI is InChI=1S/C8H10ClNO2S2/c9-7-1-2-8(13-7)14(11,12)5-6-3-10-4-6/h1-2,6,10H,3-5H2. The largest absolute Gasteiger partial charge is 0.316 e. The molecule has 0 aromatic carbocycles. The average Bonchev–Trinajstić information content (AvgIpc) is 2.45. The fourth-order valence-corrected chi connectivity index (χ4v) is 4.51. The molecule has 1 aromatic rings. The third kappa shape index (κ3) is 2.11. The Bertz CT molecular complexity index is 422. The van der Waals surface area contributed by atoms with Gasteiger partial charge in [0, 0.05) is 13.1 Å². The predicted molar refractivity (Wildman–Crippen MR) is 57.7 cm³/mol. The smallest absolute Gasteiger partial charge is 0.188 e. The number of sulfone groups is 1. The second-order valence-corrected chi connectivity index (χ2v) is 7.34. The molecule has 14 heavy (non-hydrogen) atoms. The van der Waals surface area contributed by atoms with E-state index in [1.807, 2.05) is 0 Å². The van der Waals surface area contributed by atoms with Crippen molar-refractivity contribution in [3.8, 4) is 0 Å². The van der Waals surface area contributed by atoms with Gasteiger partial charge in [0.1, 0.15) is 4.21 Å². The first-order chi connectivity index (χ1) is 6.58. The molecule has 0 radical (unpaired) electrons. The number of hydrogen-bond acceptors (Lipinski definition) is 4. The van der Waals surface area contributed by atoms with Crippen LogP contribution in [0, 0.1) is 5.92 Å². The van der Waals surface area contributed by atoms with E-state index in [4.69, 9.17) is 11.6 Å². The predicted octanol–water partition coefficient (Wildman–Crippen LogP) is 1.39. The highest BCUT2D eigenvalue weighted by Crippen LogP contribution is 2.27. The fourth-order valence-electron chi connectivity index (χ4n) is 1.32. The molecule has 1 saturated heterocycles. The maximum atomic E-state index is 11.8. The van der Waals surface area contributed by atoms with E-state index in [2.05, 4.69) is 5.32 Å². The molecule has 6 heteroatoms. The Morgan fingerprint density at radius 3 is 2.64 bits per heavy atom. The molecule has 0 atom stereocenters. The molecular formula is C8H10ClNO2S2. The van der Waals surface area contributed by atoms with E-state index in [9.17, 15) is 8.42 Å². The molecule has 1 fully saturated rings. The van der Waals surface area contributed by atoms with E-state index in [0.29, 0.717) is 8.55 Å². The van der Waals surface area contributed by atoms with E-state index in [1.54, 1.807) is 12.1 Å². The first kappa shape index (κ1) is 10.4. The van der Waals surface area contributed by atoms with E-state index in [0.717, 1.165) is 24.4 Å². The molecule has 0 amide bonds. The zero-order chi connectivity index (χ0) is 10.2. The lowest BCUT2D eigenvalue weighted by atomic mass is 10.1. The SMILES string of the molecule is O=S(=O)(CC1CNC1)c1ccc(Cl)s1. The van der Waals surface area contributed by atoms with Gasteiger partial charge in [0.05, 0.1) is 10.1 Å². The van der Waals surface area contributed by atoms with E-state index < -0.39 is 9.84 Å². The summed E-state index contributed by atoms with van der Waals surface area (Å²) in [6.45, 7) is 1.61. The molecule has 0 bridgehead atoms. The number of rotatable bonds is 3. The Morgan fingerprint density at radius 2 is 2.21 bits per heavy atom. The molecule has 3 nitrogen and oxygen atoms in total. The Balaban J connectivity index is 2.15. The molecule has 0 unspecified atom stereocenters. The molecule has 1 aromatic heterocycles. The van der Waals surface area contributed by atoms with Gasteiger partial charge >= 0.3 is 0 Å². The van der Waals surface area contributed by atoms with Crippen LogP contribution in [0.4, 0.5) is 0 Å². The van der Waals surface area contributed by atoms with Crippen molar-refractivity contribution in [2.24, 2.45) is 5.92 Å². The van der Waals surface area contributed by atoms with Crippen molar-refractivity contribution in [1.82, 2.24) is 5.32 Å². The van der Waals surface area contributed by atoms with Gasteiger partial charge in [-0.05, 0) is 18.1 Å². The van der Waals surface area contributed by atoms with Crippen LogP contribution in [0.3, 0.4) is 0 Å². The van der Waals surface area contributed by atoms with Crippen LogP contribution in [0.15, 0.2) is 16.3 Å². The summed E-state index contributed by atoms with van der Waals surface area (Å²) in [5.41, 5.74) is 0. The summed E-state index contributed by atoms with van der Waals surface area (Å²) < 4.78 is 24.5. The summed E-state index contributed by atoms with van der Waals surface area (Å²) in [6, 6.07) is 3.20. The van der Waals surface area contributed by atoms with Crippen LogP contribution in [0.25, 0.3) is 0 Å². The molecule has 78 valence electrons. The van der Waals surface area contributed by atoms with E-state index >= 15 is 0 Å². The molecule has 0 saturated carbocycles. The second kappa shape index (κ2) is 3.81. The van der Waals surface area contributed by atoms with Gasteiger partial charge in [0.2, 0.25) is 0 Å². The highest BCUT2D eigenvalue weighted by atomic mass is 35.5. The summed E-state index contributed by atoms with van der Waals surface area (Å²) in [4.78, 5) is 0. The minimum Gasteiger partial charge on any atom is -0.316 e. The zero-order valence-electron chi connectivity index (χ0n) is 7.36. The summed E-state index contributed by atoms with van der Waals surface area (Å²) in [5.74, 6) is 0.498. The van der Waals surface area contributed by atoms with Crippen LogP contribution in [0.2, 0.25) is 4.34 Å². The second-order valence-electron chi connectivity index (χ2n) is 3.36. The molecular weight excluding hydrogens is 242 g/mol. The number of nitrogens with one attached hydrogen (secondary N) is 1. The molecule has 1 N–H and O–H groups in total. The van der Waals surface area contributed by atoms with Gasteiger partial charge in [-0.3, -0.25) is 0 Å². The summed E-state index contributed by atoms with van der Waals surface area (Å²) in [6.07, 6.45) is 0. The van der Waals surface area contributed by atoms with Crippen LogP contribution >= 0.6 is 22.9 Å². The topological polar surface area (TPSA) is 46.2 Å². The average molecular weight is 252 g/mol. The van der Waals surface area contributed by atoms with Crippen LogP contribution < -0.4 is 5.32 Å². The van der Waals surface area contributed by atoms with Crippen LogP contribution in [-0.4, -0.2) is 27.3 Å². The van der Waals surface area contributed by atoms with E-state index in [1.165, 1.54) is 0 Å². The van der Waals surface area contributed by atoms with Gasteiger partial charge < -0.3 is 5.32 Å². The lowest BCUT2D eigenvalue weighted by Crippen LogP contribution is -2.45. The third-order valence-electron chi connectivity index (χ3n) is 2.18. The van der Waals surface area contributed by atoms with Crippen molar-refractivity contribution in [3.05, 3.63) is 16.5 Å². The summed E-state index contributed by atoms with van der Waals surface area (Å²) in [5, 5.41) is 3.05. The molecule has 2 rings (SSSR count). The van der Waals surface area contributed by atoms with Crippen molar-refractivity contribution in [2.75, 3.05) is 18.8 Å². The number of thiophene rings is 1. The minimum absolute atomic E-state index is 0.233. The Morgan fingerprint density at radius 1 is 1.50 bits per heavy atom. The first-order valence-corrected chi connectivity index (χ1v) is 7.11. The van der Waals surface area contributed by atoms with Gasteiger partial charge in [0.25, 0.3) is 0 Å². The molecule has 1 aliphatic rings.